The molecule has 2 atom stereocenters. The lowest BCUT2D eigenvalue weighted by Crippen LogP contribution is -2.42. The first kappa shape index (κ1) is 14.8. The number of piperidine rings is 1. The Bertz CT molecular complexity index is 430. The standard InChI is InChI=1S/C15H21ClFNO/c1-15(19,10-12-6-2-3-8-18-12)9-11-5-4-7-13(16)14(11)17/h4-5,7,12,18-19H,2-3,6,8-10H2,1H3. The van der Waals surface area contributed by atoms with Crippen LogP contribution in [0.15, 0.2) is 18.2 Å². The molecule has 2 unspecified atom stereocenters. The highest BCUT2D eigenvalue weighted by Gasteiger charge is 2.28. The molecule has 0 amide bonds. The fourth-order valence-electron chi connectivity index (χ4n) is 2.80. The first-order chi connectivity index (χ1) is 8.98. The molecule has 1 aliphatic heterocycles. The summed E-state index contributed by atoms with van der Waals surface area (Å²) in [4.78, 5) is 0. The Labute approximate surface area is 119 Å². The van der Waals surface area contributed by atoms with E-state index in [-0.39, 0.29) is 11.4 Å². The maximum Gasteiger partial charge on any atom is 0.145 e. The maximum atomic E-state index is 13.9. The largest absolute Gasteiger partial charge is 0.390 e. The molecule has 1 fully saturated rings. The molecule has 106 valence electrons. The molecule has 2 rings (SSSR count). The van der Waals surface area contributed by atoms with Crippen molar-refractivity contribution in [2.45, 2.75) is 50.7 Å². The van der Waals surface area contributed by atoms with Crippen LogP contribution < -0.4 is 5.32 Å². The molecule has 1 heterocycles. The zero-order chi connectivity index (χ0) is 13.9. The normalized spacial score (nSPS) is 23.1. The smallest absolute Gasteiger partial charge is 0.145 e. The van der Waals surface area contributed by atoms with Gasteiger partial charge in [0.25, 0.3) is 0 Å². The molecule has 1 aliphatic rings. The average Bonchev–Trinajstić information content (AvgIpc) is 2.35. The van der Waals surface area contributed by atoms with Crippen LogP contribution in [0.5, 0.6) is 0 Å². The Morgan fingerprint density at radius 3 is 2.95 bits per heavy atom. The second-order valence-electron chi connectivity index (χ2n) is 5.74. The van der Waals surface area contributed by atoms with E-state index in [9.17, 15) is 9.50 Å². The van der Waals surface area contributed by atoms with Crippen molar-refractivity contribution in [2.24, 2.45) is 0 Å². The Morgan fingerprint density at radius 1 is 1.47 bits per heavy atom. The van der Waals surface area contributed by atoms with Gasteiger partial charge in [-0.2, -0.15) is 0 Å². The quantitative estimate of drug-likeness (QED) is 0.890. The first-order valence-corrected chi connectivity index (χ1v) is 7.24. The van der Waals surface area contributed by atoms with Crippen molar-refractivity contribution >= 4 is 11.6 Å². The van der Waals surface area contributed by atoms with Gasteiger partial charge in [0.2, 0.25) is 0 Å². The van der Waals surface area contributed by atoms with Crippen molar-refractivity contribution in [2.75, 3.05) is 6.54 Å². The zero-order valence-electron chi connectivity index (χ0n) is 11.3. The van der Waals surface area contributed by atoms with E-state index in [0.717, 1.165) is 13.0 Å². The number of hydrogen-bond acceptors (Lipinski definition) is 2. The highest BCUT2D eigenvalue weighted by molar-refractivity contribution is 6.30. The van der Waals surface area contributed by atoms with E-state index >= 15 is 0 Å². The third kappa shape index (κ3) is 4.16. The summed E-state index contributed by atoms with van der Waals surface area (Å²) in [5.41, 5.74) is -0.436. The van der Waals surface area contributed by atoms with Gasteiger partial charge in [-0.05, 0) is 44.4 Å². The molecule has 1 saturated heterocycles. The van der Waals surface area contributed by atoms with Crippen LogP contribution in [-0.2, 0) is 6.42 Å². The van der Waals surface area contributed by atoms with Gasteiger partial charge in [-0.15, -0.1) is 0 Å². The second-order valence-corrected chi connectivity index (χ2v) is 6.14. The number of benzene rings is 1. The van der Waals surface area contributed by atoms with Crippen LogP contribution in [0.2, 0.25) is 5.02 Å². The summed E-state index contributed by atoms with van der Waals surface area (Å²) in [6, 6.07) is 5.25. The third-order valence-electron chi connectivity index (χ3n) is 3.70. The van der Waals surface area contributed by atoms with E-state index < -0.39 is 11.4 Å². The van der Waals surface area contributed by atoms with Crippen LogP contribution in [-0.4, -0.2) is 23.3 Å². The lowest BCUT2D eigenvalue weighted by Gasteiger charge is -2.31. The first-order valence-electron chi connectivity index (χ1n) is 6.86. The second kappa shape index (κ2) is 6.21. The van der Waals surface area contributed by atoms with Crippen molar-refractivity contribution in [3.63, 3.8) is 0 Å². The molecular formula is C15H21ClFNO. The van der Waals surface area contributed by atoms with Gasteiger partial charge >= 0.3 is 0 Å². The zero-order valence-corrected chi connectivity index (χ0v) is 12.0. The fraction of sp³-hybridized carbons (Fsp3) is 0.600. The van der Waals surface area contributed by atoms with E-state index in [4.69, 9.17) is 11.6 Å². The third-order valence-corrected chi connectivity index (χ3v) is 3.99. The van der Waals surface area contributed by atoms with Crippen molar-refractivity contribution in [1.29, 1.82) is 0 Å². The van der Waals surface area contributed by atoms with Gasteiger partial charge in [-0.25, -0.2) is 4.39 Å². The van der Waals surface area contributed by atoms with Crippen molar-refractivity contribution in [3.8, 4) is 0 Å². The number of nitrogens with one attached hydrogen (secondary N) is 1. The summed E-state index contributed by atoms with van der Waals surface area (Å²) >= 11 is 5.77. The molecule has 2 N–H and O–H groups in total. The molecule has 19 heavy (non-hydrogen) atoms. The molecule has 0 bridgehead atoms. The van der Waals surface area contributed by atoms with Gasteiger partial charge in [0.05, 0.1) is 10.6 Å². The summed E-state index contributed by atoms with van der Waals surface area (Å²) in [6.07, 6.45) is 4.39. The molecule has 4 heteroatoms. The number of halogens is 2. The lowest BCUT2D eigenvalue weighted by atomic mass is 9.87. The molecule has 1 aromatic rings. The monoisotopic (exact) mass is 285 g/mol. The Kier molecular flexibility index (Phi) is 4.82. The van der Waals surface area contributed by atoms with Crippen molar-refractivity contribution < 1.29 is 9.50 Å². The predicted molar refractivity (Wildman–Crippen MR) is 76.0 cm³/mol. The summed E-state index contributed by atoms with van der Waals surface area (Å²) in [6.45, 7) is 2.77. The van der Waals surface area contributed by atoms with E-state index in [1.54, 1.807) is 19.1 Å². The van der Waals surface area contributed by atoms with E-state index in [1.165, 1.54) is 18.9 Å². The average molecular weight is 286 g/mol. The maximum absolute atomic E-state index is 13.9. The van der Waals surface area contributed by atoms with Gasteiger partial charge in [-0.1, -0.05) is 30.2 Å². The van der Waals surface area contributed by atoms with Gasteiger partial charge in [-0.3, -0.25) is 0 Å². The SMILES string of the molecule is CC(O)(Cc1cccc(Cl)c1F)CC1CCCCN1. The minimum absolute atomic E-state index is 0.115. The van der Waals surface area contributed by atoms with Crippen LogP contribution in [0.1, 0.15) is 38.2 Å². The minimum atomic E-state index is -0.916. The van der Waals surface area contributed by atoms with Crippen molar-refractivity contribution in [3.05, 3.63) is 34.6 Å². The molecule has 0 aromatic heterocycles. The molecule has 0 saturated carbocycles. The van der Waals surface area contributed by atoms with Crippen LogP contribution in [0, 0.1) is 5.82 Å². The number of hydrogen-bond donors (Lipinski definition) is 2. The van der Waals surface area contributed by atoms with Crippen LogP contribution >= 0.6 is 11.6 Å². The summed E-state index contributed by atoms with van der Waals surface area (Å²) in [7, 11) is 0. The number of rotatable bonds is 4. The van der Waals surface area contributed by atoms with Gasteiger partial charge < -0.3 is 10.4 Å². The van der Waals surface area contributed by atoms with E-state index in [1.807, 2.05) is 0 Å². The number of aliphatic hydroxyl groups is 1. The molecule has 0 aliphatic carbocycles. The molecule has 0 radical (unpaired) electrons. The Hall–Kier alpha value is -0.640. The minimum Gasteiger partial charge on any atom is -0.390 e. The Balaban J connectivity index is 2.01. The van der Waals surface area contributed by atoms with Crippen LogP contribution in [0.4, 0.5) is 4.39 Å². The summed E-state index contributed by atoms with van der Waals surface area (Å²) in [5.74, 6) is -0.416. The van der Waals surface area contributed by atoms with Gasteiger partial charge in [0.1, 0.15) is 5.82 Å². The van der Waals surface area contributed by atoms with Crippen molar-refractivity contribution in [1.82, 2.24) is 5.32 Å². The Morgan fingerprint density at radius 2 is 2.26 bits per heavy atom. The predicted octanol–water partition coefficient (Wildman–Crippen LogP) is 3.30. The molecular weight excluding hydrogens is 265 g/mol. The summed E-state index contributed by atoms with van der Waals surface area (Å²) < 4.78 is 13.9. The topological polar surface area (TPSA) is 32.3 Å². The van der Waals surface area contributed by atoms with E-state index in [0.29, 0.717) is 18.0 Å². The van der Waals surface area contributed by atoms with Gasteiger partial charge in [0, 0.05) is 12.5 Å². The molecule has 1 aromatic carbocycles. The fourth-order valence-corrected chi connectivity index (χ4v) is 2.99. The lowest BCUT2D eigenvalue weighted by molar-refractivity contribution is 0.0363. The van der Waals surface area contributed by atoms with E-state index in [2.05, 4.69) is 5.32 Å². The molecule has 2 nitrogen and oxygen atoms in total. The van der Waals surface area contributed by atoms with Gasteiger partial charge in [0.15, 0.2) is 0 Å². The highest BCUT2D eigenvalue weighted by atomic mass is 35.5. The summed E-state index contributed by atoms with van der Waals surface area (Å²) in [5, 5.41) is 14.0. The molecule has 0 spiro atoms. The highest BCUT2D eigenvalue weighted by Crippen LogP contribution is 2.26. The van der Waals surface area contributed by atoms with Crippen LogP contribution in [0.3, 0.4) is 0 Å². The van der Waals surface area contributed by atoms with Crippen LogP contribution in [0.25, 0.3) is 0 Å².